The fourth-order valence-corrected chi connectivity index (χ4v) is 4.68. The van der Waals surface area contributed by atoms with E-state index in [9.17, 15) is 13.2 Å². The second kappa shape index (κ2) is 6.98. The van der Waals surface area contributed by atoms with Crippen molar-refractivity contribution in [3.8, 4) is 0 Å². The summed E-state index contributed by atoms with van der Waals surface area (Å²) in [5, 5.41) is 2.79. The highest BCUT2D eigenvalue weighted by molar-refractivity contribution is 7.89. The van der Waals surface area contributed by atoms with Crippen LogP contribution in [0.25, 0.3) is 0 Å². The molecule has 5 nitrogen and oxygen atoms in total. The van der Waals surface area contributed by atoms with E-state index in [1.807, 2.05) is 32.0 Å². The van der Waals surface area contributed by atoms with Crippen LogP contribution in [0, 0.1) is 13.8 Å². The number of benzene rings is 2. The van der Waals surface area contributed by atoms with Gasteiger partial charge in [0.25, 0.3) is 5.91 Å². The number of anilines is 1. The molecule has 25 heavy (non-hydrogen) atoms. The summed E-state index contributed by atoms with van der Waals surface area (Å²) in [6, 6.07) is 12.1. The molecule has 132 valence electrons. The normalized spacial score (nSPS) is 15.3. The second-order valence-electron chi connectivity index (χ2n) is 6.47. The van der Waals surface area contributed by atoms with Gasteiger partial charge in [-0.1, -0.05) is 23.3 Å². The molecule has 6 heteroatoms. The summed E-state index contributed by atoms with van der Waals surface area (Å²) in [6.07, 6.45) is 1.78. The summed E-state index contributed by atoms with van der Waals surface area (Å²) in [7, 11) is -3.49. The van der Waals surface area contributed by atoms with Crippen molar-refractivity contribution >= 4 is 21.6 Å². The number of aryl methyl sites for hydroxylation is 2. The van der Waals surface area contributed by atoms with E-state index in [0.29, 0.717) is 24.3 Å². The van der Waals surface area contributed by atoms with E-state index in [2.05, 4.69) is 5.32 Å². The van der Waals surface area contributed by atoms with Crippen LogP contribution in [0.2, 0.25) is 0 Å². The molecular formula is C19H22N2O3S. The van der Waals surface area contributed by atoms with E-state index in [1.54, 1.807) is 18.2 Å². The monoisotopic (exact) mass is 358 g/mol. The van der Waals surface area contributed by atoms with Gasteiger partial charge in [-0.2, -0.15) is 4.31 Å². The van der Waals surface area contributed by atoms with Crippen LogP contribution in [0.15, 0.2) is 47.4 Å². The van der Waals surface area contributed by atoms with Gasteiger partial charge in [0.2, 0.25) is 10.0 Å². The number of rotatable bonds is 4. The molecular weight excluding hydrogens is 336 g/mol. The molecule has 0 unspecified atom stereocenters. The molecule has 1 N–H and O–H groups in total. The average Bonchev–Trinajstić information content (AvgIpc) is 3.09. The second-order valence-corrected chi connectivity index (χ2v) is 8.41. The van der Waals surface area contributed by atoms with Crippen molar-refractivity contribution < 1.29 is 13.2 Å². The van der Waals surface area contributed by atoms with Crippen LogP contribution in [0.3, 0.4) is 0 Å². The fourth-order valence-electron chi connectivity index (χ4n) is 3.12. The first-order valence-electron chi connectivity index (χ1n) is 8.36. The average molecular weight is 358 g/mol. The molecule has 1 aliphatic rings. The highest BCUT2D eigenvalue weighted by atomic mass is 32.2. The molecule has 0 aromatic heterocycles. The fraction of sp³-hybridized carbons (Fsp3) is 0.316. The standard InChI is InChI=1S/C19H22N2O3S/c1-14-10-15(2)12-16(11-14)19(22)20-17-6-5-7-18(13-17)25(23,24)21-8-3-4-9-21/h5-7,10-13H,3-4,8-9H2,1-2H3,(H,20,22). The van der Waals surface area contributed by atoms with Gasteiger partial charge >= 0.3 is 0 Å². The molecule has 1 heterocycles. The Morgan fingerprint density at radius 1 is 1.00 bits per heavy atom. The molecule has 0 radical (unpaired) electrons. The Kier molecular flexibility index (Phi) is 4.92. The zero-order valence-corrected chi connectivity index (χ0v) is 15.3. The van der Waals surface area contributed by atoms with Gasteiger partial charge in [-0.25, -0.2) is 8.42 Å². The van der Waals surface area contributed by atoms with Crippen LogP contribution >= 0.6 is 0 Å². The van der Waals surface area contributed by atoms with Crippen LogP contribution in [0.1, 0.15) is 34.3 Å². The van der Waals surface area contributed by atoms with Crippen LogP contribution in [0.5, 0.6) is 0 Å². The van der Waals surface area contributed by atoms with Crippen molar-refractivity contribution in [2.75, 3.05) is 18.4 Å². The van der Waals surface area contributed by atoms with Gasteiger partial charge in [0.05, 0.1) is 4.90 Å². The summed E-state index contributed by atoms with van der Waals surface area (Å²) < 4.78 is 26.8. The predicted molar refractivity (Wildman–Crippen MR) is 98.3 cm³/mol. The molecule has 2 aromatic rings. The number of nitrogens with zero attached hydrogens (tertiary/aromatic N) is 1. The third-order valence-corrected chi connectivity index (χ3v) is 6.17. The molecule has 1 fully saturated rings. The van der Waals surface area contributed by atoms with Crippen molar-refractivity contribution in [2.45, 2.75) is 31.6 Å². The Morgan fingerprint density at radius 3 is 2.28 bits per heavy atom. The molecule has 1 saturated heterocycles. The first kappa shape index (κ1) is 17.6. The Balaban J connectivity index is 1.83. The van der Waals surface area contributed by atoms with Gasteiger partial charge in [0.1, 0.15) is 0 Å². The number of carbonyl (C=O) groups is 1. The molecule has 1 amide bonds. The van der Waals surface area contributed by atoms with Crippen molar-refractivity contribution in [3.63, 3.8) is 0 Å². The zero-order chi connectivity index (χ0) is 18.0. The molecule has 0 saturated carbocycles. The number of sulfonamides is 1. The minimum Gasteiger partial charge on any atom is -0.322 e. The van der Waals surface area contributed by atoms with Crippen molar-refractivity contribution in [1.29, 1.82) is 0 Å². The predicted octanol–water partition coefficient (Wildman–Crippen LogP) is 3.34. The Hall–Kier alpha value is -2.18. The maximum absolute atomic E-state index is 12.6. The third-order valence-electron chi connectivity index (χ3n) is 4.28. The Labute approximate surface area is 148 Å². The number of amides is 1. The van der Waals surface area contributed by atoms with Gasteiger partial charge < -0.3 is 5.32 Å². The maximum Gasteiger partial charge on any atom is 0.255 e. The summed E-state index contributed by atoms with van der Waals surface area (Å²) >= 11 is 0. The van der Waals surface area contributed by atoms with Crippen LogP contribution in [-0.2, 0) is 10.0 Å². The first-order valence-corrected chi connectivity index (χ1v) is 9.80. The number of carbonyl (C=O) groups excluding carboxylic acids is 1. The van der Waals surface area contributed by atoms with E-state index < -0.39 is 10.0 Å². The molecule has 0 atom stereocenters. The molecule has 1 aliphatic heterocycles. The van der Waals surface area contributed by atoms with Crippen molar-refractivity contribution in [2.24, 2.45) is 0 Å². The lowest BCUT2D eigenvalue weighted by Gasteiger charge is -2.16. The van der Waals surface area contributed by atoms with E-state index in [0.717, 1.165) is 24.0 Å². The smallest absolute Gasteiger partial charge is 0.255 e. The summed E-state index contributed by atoms with van der Waals surface area (Å²) in [5.74, 6) is -0.248. The first-order chi connectivity index (χ1) is 11.9. The summed E-state index contributed by atoms with van der Waals surface area (Å²) in [4.78, 5) is 12.7. The van der Waals surface area contributed by atoms with Crippen molar-refractivity contribution in [1.82, 2.24) is 4.31 Å². The van der Waals surface area contributed by atoms with Crippen LogP contribution in [-0.4, -0.2) is 31.7 Å². The lowest BCUT2D eigenvalue weighted by atomic mass is 10.1. The number of hydrogen-bond donors (Lipinski definition) is 1. The SMILES string of the molecule is Cc1cc(C)cc(C(=O)Nc2cccc(S(=O)(=O)N3CCCC3)c2)c1. The lowest BCUT2D eigenvalue weighted by molar-refractivity contribution is 0.102. The molecule has 0 spiro atoms. The van der Waals surface area contributed by atoms with Gasteiger partial charge in [0.15, 0.2) is 0 Å². The van der Waals surface area contributed by atoms with Gasteiger partial charge in [0, 0.05) is 24.3 Å². The van der Waals surface area contributed by atoms with E-state index in [4.69, 9.17) is 0 Å². The van der Waals surface area contributed by atoms with E-state index in [-0.39, 0.29) is 10.8 Å². The Bertz CT molecular complexity index is 880. The van der Waals surface area contributed by atoms with E-state index in [1.165, 1.54) is 10.4 Å². The van der Waals surface area contributed by atoms with Crippen LogP contribution < -0.4 is 5.32 Å². The largest absolute Gasteiger partial charge is 0.322 e. The highest BCUT2D eigenvalue weighted by Gasteiger charge is 2.27. The number of hydrogen-bond acceptors (Lipinski definition) is 3. The quantitative estimate of drug-likeness (QED) is 0.911. The topological polar surface area (TPSA) is 66.5 Å². The molecule has 0 aliphatic carbocycles. The minimum atomic E-state index is -3.49. The number of nitrogens with one attached hydrogen (secondary N) is 1. The molecule has 0 bridgehead atoms. The molecule has 3 rings (SSSR count). The Morgan fingerprint density at radius 2 is 1.64 bits per heavy atom. The van der Waals surface area contributed by atoms with Gasteiger partial charge in [-0.05, 0) is 57.0 Å². The summed E-state index contributed by atoms with van der Waals surface area (Å²) in [6.45, 7) is 4.99. The summed E-state index contributed by atoms with van der Waals surface area (Å²) in [5.41, 5.74) is 3.06. The van der Waals surface area contributed by atoms with Crippen molar-refractivity contribution in [3.05, 3.63) is 59.2 Å². The van der Waals surface area contributed by atoms with Gasteiger partial charge in [-0.3, -0.25) is 4.79 Å². The minimum absolute atomic E-state index is 0.215. The maximum atomic E-state index is 12.6. The highest BCUT2D eigenvalue weighted by Crippen LogP contribution is 2.23. The van der Waals surface area contributed by atoms with Crippen LogP contribution in [0.4, 0.5) is 5.69 Å². The third kappa shape index (κ3) is 3.91. The zero-order valence-electron chi connectivity index (χ0n) is 14.5. The molecule has 2 aromatic carbocycles. The lowest BCUT2D eigenvalue weighted by Crippen LogP contribution is -2.27. The van der Waals surface area contributed by atoms with E-state index >= 15 is 0 Å². The van der Waals surface area contributed by atoms with Gasteiger partial charge in [-0.15, -0.1) is 0 Å².